The molecule has 0 spiro atoms. The van der Waals surface area contributed by atoms with Crippen LogP contribution in [-0.2, 0) is 0 Å². The van der Waals surface area contributed by atoms with Crippen molar-refractivity contribution in [3.05, 3.63) is 0 Å². The molecule has 0 saturated carbocycles. The van der Waals surface area contributed by atoms with Crippen molar-refractivity contribution in [3.63, 3.8) is 0 Å². The van der Waals surface area contributed by atoms with Gasteiger partial charge in [-0.15, -0.1) is 0 Å². The minimum atomic E-state index is 0.453. The Morgan fingerprint density at radius 1 is 1.28 bits per heavy atom. The van der Waals surface area contributed by atoms with Crippen molar-refractivity contribution < 1.29 is 0 Å². The molecule has 2 heteroatoms. The van der Waals surface area contributed by atoms with Gasteiger partial charge >= 0.3 is 0 Å². The minimum absolute atomic E-state index is 0.453. The maximum Gasteiger partial charge on any atom is 0.0204 e. The highest BCUT2D eigenvalue weighted by Gasteiger charge is 2.35. The quantitative estimate of drug-likeness (QED) is 0.826. The molecule has 0 aromatic rings. The predicted molar refractivity (Wildman–Crippen MR) is 78.9 cm³/mol. The van der Waals surface area contributed by atoms with Crippen LogP contribution in [0.2, 0.25) is 0 Å². The molecule has 2 aliphatic rings. The summed E-state index contributed by atoms with van der Waals surface area (Å²) in [6, 6.07) is 0. The zero-order chi connectivity index (χ0) is 13.0. The van der Waals surface area contributed by atoms with Crippen molar-refractivity contribution in [2.24, 2.45) is 11.8 Å². The number of hydrogen-bond donors (Lipinski definition) is 1. The molecule has 0 aliphatic carbocycles. The summed E-state index contributed by atoms with van der Waals surface area (Å²) in [6.45, 7) is 8.69. The summed E-state index contributed by atoms with van der Waals surface area (Å²) in [7, 11) is 2.28. The third kappa shape index (κ3) is 3.48. The molecule has 1 N–H and O–H groups in total. The molecule has 2 fully saturated rings. The normalized spacial score (nSPS) is 35.0. The summed E-state index contributed by atoms with van der Waals surface area (Å²) in [6.07, 6.45) is 9.88. The number of rotatable bonds is 4. The van der Waals surface area contributed by atoms with E-state index in [0.717, 1.165) is 11.8 Å². The molecule has 2 saturated heterocycles. The Balaban J connectivity index is 1.85. The average Bonchev–Trinajstić information content (AvgIpc) is 2.37. The van der Waals surface area contributed by atoms with E-state index in [4.69, 9.17) is 0 Å². The number of nitrogens with zero attached hydrogens (tertiary/aromatic N) is 1. The van der Waals surface area contributed by atoms with Crippen molar-refractivity contribution in [3.8, 4) is 0 Å². The molecule has 18 heavy (non-hydrogen) atoms. The van der Waals surface area contributed by atoms with Gasteiger partial charge < -0.3 is 10.2 Å². The van der Waals surface area contributed by atoms with E-state index in [2.05, 4.69) is 31.1 Å². The molecule has 2 heterocycles. The second-order valence-corrected chi connectivity index (χ2v) is 7.00. The number of hydrogen-bond acceptors (Lipinski definition) is 2. The maximum atomic E-state index is 3.87. The zero-order valence-corrected chi connectivity index (χ0v) is 12.7. The van der Waals surface area contributed by atoms with Crippen LogP contribution in [-0.4, -0.2) is 37.1 Å². The second-order valence-electron chi connectivity index (χ2n) is 7.00. The Labute approximate surface area is 114 Å². The Kier molecular flexibility index (Phi) is 5.08. The lowest BCUT2D eigenvalue weighted by atomic mass is 9.74. The van der Waals surface area contributed by atoms with Crippen molar-refractivity contribution >= 4 is 0 Å². The van der Waals surface area contributed by atoms with Crippen molar-refractivity contribution in [2.75, 3.05) is 26.7 Å². The van der Waals surface area contributed by atoms with Crippen LogP contribution < -0.4 is 5.32 Å². The van der Waals surface area contributed by atoms with Gasteiger partial charge in [-0.2, -0.15) is 0 Å². The fraction of sp³-hybridized carbons (Fsp3) is 1.00. The van der Waals surface area contributed by atoms with Crippen LogP contribution in [0.15, 0.2) is 0 Å². The van der Waals surface area contributed by atoms with Gasteiger partial charge in [0.25, 0.3) is 0 Å². The van der Waals surface area contributed by atoms with Crippen molar-refractivity contribution in [1.82, 2.24) is 10.2 Å². The van der Waals surface area contributed by atoms with Crippen LogP contribution in [0.1, 0.15) is 58.8 Å². The van der Waals surface area contributed by atoms with Gasteiger partial charge in [-0.05, 0) is 70.5 Å². The number of piperidine rings is 2. The van der Waals surface area contributed by atoms with Gasteiger partial charge in [-0.1, -0.05) is 20.3 Å². The zero-order valence-electron chi connectivity index (χ0n) is 12.7. The molecule has 2 atom stereocenters. The van der Waals surface area contributed by atoms with Gasteiger partial charge in [0.05, 0.1) is 0 Å². The van der Waals surface area contributed by atoms with Crippen LogP contribution in [0.25, 0.3) is 0 Å². The van der Waals surface area contributed by atoms with Crippen LogP contribution in [0.3, 0.4) is 0 Å². The monoisotopic (exact) mass is 252 g/mol. The second kappa shape index (κ2) is 6.38. The highest BCUT2D eigenvalue weighted by atomic mass is 15.1. The van der Waals surface area contributed by atoms with E-state index < -0.39 is 0 Å². The third-order valence-electron chi connectivity index (χ3n) is 5.35. The van der Waals surface area contributed by atoms with Crippen LogP contribution in [0, 0.1) is 11.8 Å². The van der Waals surface area contributed by atoms with Crippen molar-refractivity contribution in [1.29, 1.82) is 0 Å². The smallest absolute Gasteiger partial charge is 0.0204 e. The summed E-state index contributed by atoms with van der Waals surface area (Å²) < 4.78 is 0. The van der Waals surface area contributed by atoms with Gasteiger partial charge in [0.1, 0.15) is 0 Å². The topological polar surface area (TPSA) is 15.3 Å². The van der Waals surface area contributed by atoms with Gasteiger partial charge in [0, 0.05) is 12.1 Å². The van der Waals surface area contributed by atoms with Crippen LogP contribution >= 0.6 is 0 Å². The lowest BCUT2D eigenvalue weighted by Crippen LogP contribution is -2.52. The van der Waals surface area contributed by atoms with Crippen LogP contribution in [0.4, 0.5) is 0 Å². The van der Waals surface area contributed by atoms with Gasteiger partial charge in [-0.3, -0.25) is 0 Å². The first-order valence-corrected chi connectivity index (χ1v) is 8.06. The van der Waals surface area contributed by atoms with E-state index in [9.17, 15) is 0 Å². The van der Waals surface area contributed by atoms with Crippen LogP contribution in [0.5, 0.6) is 0 Å². The molecule has 0 aromatic heterocycles. The molecule has 2 rings (SSSR count). The fourth-order valence-corrected chi connectivity index (χ4v) is 3.96. The highest BCUT2D eigenvalue weighted by molar-refractivity contribution is 4.94. The Bertz CT molecular complexity index is 243. The highest BCUT2D eigenvalue weighted by Crippen LogP contribution is 2.34. The maximum absolute atomic E-state index is 3.87. The first-order valence-electron chi connectivity index (χ1n) is 8.06. The molecular formula is C16H32N2. The Hall–Kier alpha value is -0.0800. The van der Waals surface area contributed by atoms with E-state index >= 15 is 0 Å². The average molecular weight is 252 g/mol. The summed E-state index contributed by atoms with van der Waals surface area (Å²) in [5.74, 6) is 1.72. The summed E-state index contributed by atoms with van der Waals surface area (Å²) in [5.41, 5.74) is 0.453. The SMILES string of the molecule is CC(C)C1(CCC2CCCN(C)C2)CCCCN1. The molecule has 106 valence electrons. The summed E-state index contributed by atoms with van der Waals surface area (Å²) in [5, 5.41) is 3.87. The van der Waals surface area contributed by atoms with Gasteiger partial charge in [-0.25, -0.2) is 0 Å². The molecule has 0 radical (unpaired) electrons. The number of nitrogens with one attached hydrogen (secondary N) is 1. The third-order valence-corrected chi connectivity index (χ3v) is 5.35. The Morgan fingerprint density at radius 3 is 2.72 bits per heavy atom. The summed E-state index contributed by atoms with van der Waals surface area (Å²) >= 11 is 0. The Morgan fingerprint density at radius 2 is 2.11 bits per heavy atom. The van der Waals surface area contributed by atoms with Crippen molar-refractivity contribution in [2.45, 2.75) is 64.3 Å². The predicted octanol–water partition coefficient (Wildman–Crippen LogP) is 3.28. The van der Waals surface area contributed by atoms with E-state index in [1.165, 1.54) is 64.6 Å². The van der Waals surface area contributed by atoms with E-state index in [-0.39, 0.29) is 0 Å². The molecule has 0 bridgehead atoms. The van der Waals surface area contributed by atoms with E-state index in [1.54, 1.807) is 0 Å². The fourth-order valence-electron chi connectivity index (χ4n) is 3.96. The molecular weight excluding hydrogens is 220 g/mol. The standard InChI is InChI=1S/C16H32N2/c1-14(2)16(9-4-5-11-17-16)10-8-15-7-6-12-18(3)13-15/h14-15,17H,4-13H2,1-3H3. The van der Waals surface area contributed by atoms with Gasteiger partial charge in [0.15, 0.2) is 0 Å². The molecule has 0 amide bonds. The first kappa shape index (κ1) is 14.3. The first-order chi connectivity index (χ1) is 8.62. The summed E-state index contributed by atoms with van der Waals surface area (Å²) in [4.78, 5) is 2.52. The van der Waals surface area contributed by atoms with Gasteiger partial charge in [0.2, 0.25) is 0 Å². The largest absolute Gasteiger partial charge is 0.311 e. The molecule has 2 unspecified atom stereocenters. The molecule has 2 nitrogen and oxygen atoms in total. The molecule has 2 aliphatic heterocycles. The number of likely N-dealkylation sites (tertiary alicyclic amines) is 1. The lowest BCUT2D eigenvalue weighted by molar-refractivity contribution is 0.136. The minimum Gasteiger partial charge on any atom is -0.311 e. The van der Waals surface area contributed by atoms with E-state index in [0.29, 0.717) is 5.54 Å². The lowest BCUT2D eigenvalue weighted by Gasteiger charge is -2.43. The van der Waals surface area contributed by atoms with E-state index in [1.807, 2.05) is 0 Å². The molecule has 0 aromatic carbocycles.